The van der Waals surface area contributed by atoms with Crippen molar-refractivity contribution < 1.29 is 0 Å². The van der Waals surface area contributed by atoms with Crippen LogP contribution < -0.4 is 5.32 Å². The fourth-order valence-corrected chi connectivity index (χ4v) is 3.57. The Labute approximate surface area is 137 Å². The molecule has 0 saturated carbocycles. The van der Waals surface area contributed by atoms with Crippen LogP contribution in [-0.2, 0) is 11.8 Å². The van der Waals surface area contributed by atoms with Gasteiger partial charge in [0.15, 0.2) is 0 Å². The lowest BCUT2D eigenvalue weighted by Crippen LogP contribution is -2.23. The van der Waals surface area contributed by atoms with Gasteiger partial charge in [-0.3, -0.25) is 0 Å². The summed E-state index contributed by atoms with van der Waals surface area (Å²) in [5.74, 6) is 0. The van der Waals surface area contributed by atoms with E-state index in [1.807, 2.05) is 6.07 Å². The maximum Gasteiger partial charge on any atom is 0.0931 e. The first kappa shape index (κ1) is 16.5. The normalized spacial score (nSPS) is 13.4. The van der Waals surface area contributed by atoms with Crippen LogP contribution >= 0.6 is 22.9 Å². The molecule has 3 heteroatoms. The lowest BCUT2D eigenvalue weighted by molar-refractivity contribution is 0.550. The Morgan fingerprint density at radius 2 is 1.76 bits per heavy atom. The zero-order valence-corrected chi connectivity index (χ0v) is 14.8. The Morgan fingerprint density at radius 3 is 2.24 bits per heavy atom. The maximum atomic E-state index is 6.04. The van der Waals surface area contributed by atoms with Crippen molar-refractivity contribution in [2.45, 2.75) is 45.6 Å². The molecular weight excluding hydrogens is 298 g/mol. The first-order chi connectivity index (χ1) is 9.90. The van der Waals surface area contributed by atoms with E-state index in [1.54, 1.807) is 11.3 Å². The first-order valence-corrected chi connectivity index (χ1v) is 8.67. The van der Waals surface area contributed by atoms with Crippen LogP contribution in [0.4, 0.5) is 0 Å². The van der Waals surface area contributed by atoms with E-state index in [0.29, 0.717) is 6.04 Å². The minimum atomic E-state index is 0.202. The van der Waals surface area contributed by atoms with Crippen molar-refractivity contribution in [1.29, 1.82) is 0 Å². The van der Waals surface area contributed by atoms with Gasteiger partial charge in [-0.15, -0.1) is 11.3 Å². The molecule has 1 aromatic carbocycles. The molecule has 1 N–H and O–H groups in total. The van der Waals surface area contributed by atoms with Gasteiger partial charge in [0.25, 0.3) is 0 Å². The fourth-order valence-electron chi connectivity index (χ4n) is 2.43. The van der Waals surface area contributed by atoms with Gasteiger partial charge < -0.3 is 5.32 Å². The minimum absolute atomic E-state index is 0.202. The van der Waals surface area contributed by atoms with Crippen molar-refractivity contribution in [3.63, 3.8) is 0 Å². The molecule has 1 heterocycles. The number of nitrogens with one attached hydrogen (secondary N) is 1. The van der Waals surface area contributed by atoms with Crippen LogP contribution in [0, 0.1) is 0 Å². The molecule has 0 bridgehead atoms. The quantitative estimate of drug-likeness (QED) is 0.756. The molecule has 0 fully saturated rings. The number of benzene rings is 1. The van der Waals surface area contributed by atoms with Gasteiger partial charge in [0.1, 0.15) is 0 Å². The van der Waals surface area contributed by atoms with E-state index in [2.05, 4.69) is 63.3 Å². The number of halogens is 1. The SMILES string of the molecule is CCNC(Cc1ccc(Cl)s1)c1ccc(C(C)(C)C)cc1. The van der Waals surface area contributed by atoms with Crippen LogP contribution in [0.3, 0.4) is 0 Å². The van der Waals surface area contributed by atoms with E-state index in [-0.39, 0.29) is 5.41 Å². The lowest BCUT2D eigenvalue weighted by atomic mass is 9.86. The molecule has 0 aliphatic rings. The predicted molar refractivity (Wildman–Crippen MR) is 94.6 cm³/mol. The van der Waals surface area contributed by atoms with Crippen molar-refractivity contribution in [1.82, 2.24) is 5.32 Å². The summed E-state index contributed by atoms with van der Waals surface area (Å²) in [6.45, 7) is 9.86. The standard InChI is InChI=1S/C18H24ClNS/c1-5-20-16(12-15-10-11-17(19)21-15)13-6-8-14(9-7-13)18(2,3)4/h6-11,16,20H,5,12H2,1-4H3. The summed E-state index contributed by atoms with van der Waals surface area (Å²) in [5, 5.41) is 3.58. The molecule has 1 unspecified atom stereocenters. The number of thiophene rings is 1. The molecule has 0 amide bonds. The van der Waals surface area contributed by atoms with Gasteiger partial charge in [0, 0.05) is 17.3 Å². The zero-order valence-electron chi connectivity index (χ0n) is 13.2. The smallest absolute Gasteiger partial charge is 0.0931 e. The molecule has 2 rings (SSSR count). The first-order valence-electron chi connectivity index (χ1n) is 7.48. The van der Waals surface area contributed by atoms with E-state index in [9.17, 15) is 0 Å². The number of hydrogen-bond acceptors (Lipinski definition) is 2. The van der Waals surface area contributed by atoms with Crippen LogP contribution in [0.2, 0.25) is 4.34 Å². The van der Waals surface area contributed by atoms with Crippen molar-refractivity contribution in [2.24, 2.45) is 0 Å². The molecule has 0 radical (unpaired) electrons. The van der Waals surface area contributed by atoms with Crippen LogP contribution in [0.15, 0.2) is 36.4 Å². The molecule has 21 heavy (non-hydrogen) atoms. The molecule has 0 aliphatic carbocycles. The number of rotatable bonds is 5. The monoisotopic (exact) mass is 321 g/mol. The van der Waals surface area contributed by atoms with Crippen LogP contribution in [0.25, 0.3) is 0 Å². The maximum absolute atomic E-state index is 6.04. The molecule has 114 valence electrons. The van der Waals surface area contributed by atoms with E-state index in [1.165, 1.54) is 16.0 Å². The highest BCUT2D eigenvalue weighted by molar-refractivity contribution is 7.16. The summed E-state index contributed by atoms with van der Waals surface area (Å²) in [6.07, 6.45) is 0.986. The highest BCUT2D eigenvalue weighted by atomic mass is 35.5. The van der Waals surface area contributed by atoms with Gasteiger partial charge >= 0.3 is 0 Å². The molecule has 0 saturated heterocycles. The van der Waals surface area contributed by atoms with E-state index in [0.717, 1.165) is 17.3 Å². The summed E-state index contributed by atoms with van der Waals surface area (Å²) in [6, 6.07) is 13.5. The second-order valence-corrected chi connectivity index (χ2v) is 8.19. The fraction of sp³-hybridized carbons (Fsp3) is 0.444. The predicted octanol–water partition coefficient (Wildman–Crippen LogP) is 5.59. The molecule has 0 aliphatic heterocycles. The molecule has 1 aromatic heterocycles. The van der Waals surface area contributed by atoms with Gasteiger partial charge in [0.05, 0.1) is 4.34 Å². The van der Waals surface area contributed by atoms with Gasteiger partial charge in [0.2, 0.25) is 0 Å². The Hall–Kier alpha value is -0.830. The second-order valence-electron chi connectivity index (χ2n) is 6.39. The Balaban J connectivity index is 2.17. The van der Waals surface area contributed by atoms with Crippen molar-refractivity contribution >= 4 is 22.9 Å². The Kier molecular flexibility index (Phi) is 5.48. The van der Waals surface area contributed by atoms with Crippen LogP contribution in [0.5, 0.6) is 0 Å². The van der Waals surface area contributed by atoms with Crippen molar-refractivity contribution in [2.75, 3.05) is 6.54 Å². The molecule has 0 spiro atoms. The largest absolute Gasteiger partial charge is 0.310 e. The van der Waals surface area contributed by atoms with E-state index < -0.39 is 0 Å². The van der Waals surface area contributed by atoms with E-state index >= 15 is 0 Å². The summed E-state index contributed by atoms with van der Waals surface area (Å²) in [7, 11) is 0. The van der Waals surface area contributed by atoms with Gasteiger partial charge in [-0.1, -0.05) is 63.6 Å². The molecular formula is C18H24ClNS. The number of hydrogen-bond donors (Lipinski definition) is 1. The van der Waals surface area contributed by atoms with Crippen molar-refractivity contribution in [3.8, 4) is 0 Å². The van der Waals surface area contributed by atoms with Gasteiger partial charge in [-0.25, -0.2) is 0 Å². The highest BCUT2D eigenvalue weighted by Gasteiger charge is 2.16. The minimum Gasteiger partial charge on any atom is -0.310 e. The second kappa shape index (κ2) is 6.95. The average Bonchev–Trinajstić information content (AvgIpc) is 2.83. The van der Waals surface area contributed by atoms with Gasteiger partial charge in [-0.05, 0) is 35.2 Å². The summed E-state index contributed by atoms with van der Waals surface area (Å²) in [4.78, 5) is 1.32. The molecule has 2 aromatic rings. The zero-order chi connectivity index (χ0) is 15.5. The topological polar surface area (TPSA) is 12.0 Å². The summed E-state index contributed by atoms with van der Waals surface area (Å²) >= 11 is 7.71. The molecule has 1 nitrogen and oxygen atoms in total. The highest BCUT2D eigenvalue weighted by Crippen LogP contribution is 2.28. The van der Waals surface area contributed by atoms with Crippen LogP contribution in [0.1, 0.15) is 49.7 Å². The average molecular weight is 322 g/mol. The Morgan fingerprint density at radius 1 is 1.10 bits per heavy atom. The van der Waals surface area contributed by atoms with Crippen LogP contribution in [-0.4, -0.2) is 6.54 Å². The lowest BCUT2D eigenvalue weighted by Gasteiger charge is -2.22. The number of likely N-dealkylation sites (N-methyl/N-ethyl adjacent to an activating group) is 1. The third kappa shape index (κ3) is 4.57. The van der Waals surface area contributed by atoms with Gasteiger partial charge in [-0.2, -0.15) is 0 Å². The van der Waals surface area contributed by atoms with Crippen molar-refractivity contribution in [3.05, 3.63) is 56.7 Å². The Bertz CT molecular complexity index is 566. The molecule has 1 atom stereocenters. The summed E-state index contributed by atoms with van der Waals surface area (Å²) < 4.78 is 0.864. The summed E-state index contributed by atoms with van der Waals surface area (Å²) in [5.41, 5.74) is 2.92. The third-order valence-electron chi connectivity index (χ3n) is 3.66. The van der Waals surface area contributed by atoms with E-state index in [4.69, 9.17) is 11.6 Å². The third-order valence-corrected chi connectivity index (χ3v) is 4.92.